The van der Waals surface area contributed by atoms with Gasteiger partial charge >= 0.3 is 0 Å². The number of aromatic nitrogens is 1. The number of nitrogens with zero attached hydrogens (tertiary/aromatic N) is 1. The molecular formula is C14H22N2O3S. The normalized spacial score (nSPS) is 18.9. The van der Waals surface area contributed by atoms with Crippen LogP contribution in [0.5, 0.6) is 0 Å². The fourth-order valence-corrected chi connectivity index (χ4v) is 3.60. The van der Waals surface area contributed by atoms with E-state index in [1.54, 1.807) is 12.3 Å². The Morgan fingerprint density at radius 2 is 2.00 bits per heavy atom. The van der Waals surface area contributed by atoms with Crippen molar-refractivity contribution < 1.29 is 13.5 Å². The molecule has 0 radical (unpaired) electrons. The maximum atomic E-state index is 11.9. The minimum absolute atomic E-state index is 0.0000926. The van der Waals surface area contributed by atoms with E-state index < -0.39 is 15.6 Å². The number of pyridine rings is 1. The second kappa shape index (κ2) is 6.65. The van der Waals surface area contributed by atoms with Crippen LogP contribution in [-0.4, -0.2) is 36.4 Å². The Kier molecular flexibility index (Phi) is 5.12. The van der Waals surface area contributed by atoms with Gasteiger partial charge in [0.05, 0.1) is 11.4 Å². The summed E-state index contributed by atoms with van der Waals surface area (Å²) >= 11 is 0. The molecule has 1 saturated carbocycles. The maximum absolute atomic E-state index is 11.9. The first-order valence-corrected chi connectivity index (χ1v) is 8.74. The largest absolute Gasteiger partial charge is 0.389 e. The first-order chi connectivity index (χ1) is 9.49. The smallest absolute Gasteiger partial charge is 0.212 e. The van der Waals surface area contributed by atoms with E-state index in [4.69, 9.17) is 0 Å². The molecule has 1 fully saturated rings. The van der Waals surface area contributed by atoms with Gasteiger partial charge < -0.3 is 5.11 Å². The summed E-state index contributed by atoms with van der Waals surface area (Å²) in [5.41, 5.74) is -0.106. The topological polar surface area (TPSA) is 79.3 Å². The molecule has 2 N–H and O–H groups in total. The van der Waals surface area contributed by atoms with Gasteiger partial charge in [-0.3, -0.25) is 4.98 Å². The zero-order chi connectivity index (χ0) is 14.5. The summed E-state index contributed by atoms with van der Waals surface area (Å²) in [5, 5.41) is 10.3. The molecule has 0 bridgehead atoms. The fraction of sp³-hybridized carbons (Fsp3) is 0.643. The summed E-state index contributed by atoms with van der Waals surface area (Å²) in [6.45, 7) is 0.123. The van der Waals surface area contributed by atoms with E-state index >= 15 is 0 Å². The third kappa shape index (κ3) is 4.85. The summed E-state index contributed by atoms with van der Waals surface area (Å²) < 4.78 is 26.4. The van der Waals surface area contributed by atoms with Gasteiger partial charge in [-0.25, -0.2) is 13.1 Å². The second-order valence-corrected chi connectivity index (χ2v) is 7.42. The molecule has 0 aromatic carbocycles. The highest BCUT2D eigenvalue weighted by atomic mass is 32.2. The molecule has 1 aromatic heterocycles. The number of nitrogens with one attached hydrogen (secondary N) is 1. The minimum atomic E-state index is -3.37. The number of hydrogen-bond donors (Lipinski definition) is 2. The van der Waals surface area contributed by atoms with E-state index in [9.17, 15) is 13.5 Å². The minimum Gasteiger partial charge on any atom is -0.389 e. The van der Waals surface area contributed by atoms with Gasteiger partial charge in [0.1, 0.15) is 0 Å². The Balaban J connectivity index is 1.82. The average Bonchev–Trinajstić information content (AvgIpc) is 2.46. The molecule has 0 aliphatic heterocycles. The Labute approximate surface area is 120 Å². The molecule has 0 atom stereocenters. The molecule has 5 nitrogen and oxygen atoms in total. The van der Waals surface area contributed by atoms with Crippen LogP contribution in [0.25, 0.3) is 0 Å². The predicted octanol–water partition coefficient (Wildman–Crippen LogP) is 1.24. The van der Waals surface area contributed by atoms with Gasteiger partial charge in [-0.05, 0) is 25.0 Å². The molecule has 1 aliphatic carbocycles. The van der Waals surface area contributed by atoms with Crippen LogP contribution in [0.4, 0.5) is 0 Å². The van der Waals surface area contributed by atoms with Crippen LogP contribution < -0.4 is 4.72 Å². The lowest BCUT2D eigenvalue weighted by molar-refractivity contribution is 0.00946. The van der Waals surface area contributed by atoms with Crippen LogP contribution in [0.15, 0.2) is 24.4 Å². The lowest BCUT2D eigenvalue weighted by atomic mass is 9.85. The average molecular weight is 298 g/mol. The van der Waals surface area contributed by atoms with Crippen molar-refractivity contribution in [1.29, 1.82) is 0 Å². The SMILES string of the molecule is O=S(=O)(CCc1ccccn1)NCC1(O)CCCCC1. The molecule has 1 aliphatic rings. The van der Waals surface area contributed by atoms with Crippen molar-refractivity contribution in [3.05, 3.63) is 30.1 Å². The summed E-state index contributed by atoms with van der Waals surface area (Å²) in [5.74, 6) is 0.0000926. The van der Waals surface area contributed by atoms with Crippen molar-refractivity contribution in [2.75, 3.05) is 12.3 Å². The van der Waals surface area contributed by atoms with Crippen LogP contribution >= 0.6 is 0 Å². The standard InChI is InChI=1S/C14H22N2O3S/c17-14(8-3-1-4-9-14)12-16-20(18,19)11-7-13-6-2-5-10-15-13/h2,5-6,10,16-17H,1,3-4,7-9,11-12H2. The van der Waals surface area contributed by atoms with Gasteiger partial charge in [0.15, 0.2) is 0 Å². The van der Waals surface area contributed by atoms with Crippen LogP contribution in [0, 0.1) is 0 Å². The molecule has 2 rings (SSSR count). The molecule has 0 spiro atoms. The Morgan fingerprint density at radius 1 is 1.25 bits per heavy atom. The Hall–Kier alpha value is -0.980. The van der Waals surface area contributed by atoms with E-state index in [0.29, 0.717) is 19.3 Å². The molecular weight excluding hydrogens is 276 g/mol. The van der Waals surface area contributed by atoms with E-state index in [1.807, 2.05) is 12.1 Å². The van der Waals surface area contributed by atoms with Crippen LogP contribution in [0.2, 0.25) is 0 Å². The lowest BCUT2D eigenvalue weighted by Gasteiger charge is -2.32. The first-order valence-electron chi connectivity index (χ1n) is 7.09. The van der Waals surface area contributed by atoms with Crippen molar-refractivity contribution in [2.45, 2.75) is 44.1 Å². The monoisotopic (exact) mass is 298 g/mol. The van der Waals surface area contributed by atoms with E-state index in [-0.39, 0.29) is 12.3 Å². The van der Waals surface area contributed by atoms with Crippen molar-refractivity contribution >= 4 is 10.0 Å². The molecule has 20 heavy (non-hydrogen) atoms. The third-order valence-electron chi connectivity index (χ3n) is 3.76. The zero-order valence-corrected chi connectivity index (χ0v) is 12.4. The fourth-order valence-electron chi connectivity index (χ4n) is 2.49. The van der Waals surface area contributed by atoms with Gasteiger partial charge in [0, 0.05) is 24.9 Å². The van der Waals surface area contributed by atoms with Crippen molar-refractivity contribution in [1.82, 2.24) is 9.71 Å². The molecule has 1 heterocycles. The quantitative estimate of drug-likeness (QED) is 0.828. The highest BCUT2D eigenvalue weighted by Crippen LogP contribution is 2.27. The zero-order valence-electron chi connectivity index (χ0n) is 11.6. The molecule has 6 heteroatoms. The molecule has 0 unspecified atom stereocenters. The van der Waals surface area contributed by atoms with Gasteiger partial charge in [0.2, 0.25) is 10.0 Å². The van der Waals surface area contributed by atoms with Gasteiger partial charge in [0.25, 0.3) is 0 Å². The van der Waals surface area contributed by atoms with Crippen molar-refractivity contribution in [3.63, 3.8) is 0 Å². The van der Waals surface area contributed by atoms with Crippen LogP contribution in [0.3, 0.4) is 0 Å². The molecule has 112 valence electrons. The maximum Gasteiger partial charge on any atom is 0.212 e. The Bertz CT molecular complexity index is 510. The molecule has 0 saturated heterocycles. The first kappa shape index (κ1) is 15.4. The predicted molar refractivity (Wildman–Crippen MR) is 77.8 cm³/mol. The van der Waals surface area contributed by atoms with Crippen molar-refractivity contribution in [2.24, 2.45) is 0 Å². The number of rotatable bonds is 6. The molecule has 1 aromatic rings. The summed E-state index contributed by atoms with van der Waals surface area (Å²) in [6.07, 6.45) is 6.44. The van der Waals surface area contributed by atoms with Gasteiger partial charge in [-0.15, -0.1) is 0 Å². The Morgan fingerprint density at radius 3 is 2.65 bits per heavy atom. The van der Waals surface area contributed by atoms with E-state index in [1.165, 1.54) is 0 Å². The third-order valence-corrected chi connectivity index (χ3v) is 5.08. The van der Waals surface area contributed by atoms with Gasteiger partial charge in [-0.1, -0.05) is 25.3 Å². The summed E-state index contributed by atoms with van der Waals surface area (Å²) in [7, 11) is -3.37. The van der Waals surface area contributed by atoms with E-state index in [0.717, 1.165) is 25.0 Å². The highest BCUT2D eigenvalue weighted by molar-refractivity contribution is 7.89. The van der Waals surface area contributed by atoms with Crippen molar-refractivity contribution in [3.8, 4) is 0 Å². The van der Waals surface area contributed by atoms with Crippen LogP contribution in [-0.2, 0) is 16.4 Å². The van der Waals surface area contributed by atoms with Gasteiger partial charge in [-0.2, -0.15) is 0 Å². The summed E-state index contributed by atoms with van der Waals surface area (Å²) in [4.78, 5) is 4.10. The number of aryl methyl sites for hydroxylation is 1. The number of aliphatic hydroxyl groups is 1. The summed E-state index contributed by atoms with van der Waals surface area (Å²) in [6, 6.07) is 5.45. The number of hydrogen-bond acceptors (Lipinski definition) is 4. The highest BCUT2D eigenvalue weighted by Gasteiger charge is 2.30. The lowest BCUT2D eigenvalue weighted by Crippen LogP contribution is -2.44. The second-order valence-electron chi connectivity index (χ2n) is 5.50. The molecule has 0 amide bonds. The van der Waals surface area contributed by atoms with E-state index in [2.05, 4.69) is 9.71 Å². The number of sulfonamides is 1. The van der Waals surface area contributed by atoms with Crippen LogP contribution in [0.1, 0.15) is 37.8 Å².